The molecule has 3 N–H and O–H groups in total. The normalized spacial score (nSPS) is 19.9. The monoisotopic (exact) mass is 261 g/mol. The zero-order valence-corrected chi connectivity index (χ0v) is 11.7. The Balaban J connectivity index is 1.91. The molecule has 1 aromatic carbocycles. The Kier molecular flexibility index (Phi) is 4.80. The minimum Gasteiger partial charge on any atom is -0.376 e. The molecule has 1 fully saturated rings. The highest BCUT2D eigenvalue weighted by molar-refractivity contribution is 5.92. The molecule has 0 radical (unpaired) electrons. The minimum atomic E-state index is 0.238. The molecule has 0 amide bonds. The van der Waals surface area contributed by atoms with Crippen molar-refractivity contribution in [1.29, 1.82) is 0 Å². The van der Waals surface area contributed by atoms with E-state index in [4.69, 9.17) is 10.5 Å². The number of benzene rings is 1. The van der Waals surface area contributed by atoms with E-state index in [0.717, 1.165) is 25.1 Å². The largest absolute Gasteiger partial charge is 0.376 e. The van der Waals surface area contributed by atoms with Crippen LogP contribution in [-0.4, -0.2) is 25.2 Å². The maximum atomic E-state index is 5.89. The molecule has 0 saturated carbocycles. The topological polar surface area (TPSA) is 59.6 Å². The van der Waals surface area contributed by atoms with Crippen LogP contribution in [-0.2, 0) is 4.74 Å². The second-order valence-electron chi connectivity index (χ2n) is 5.27. The molecule has 104 valence electrons. The zero-order valence-electron chi connectivity index (χ0n) is 11.7. The molecule has 2 rings (SSSR count). The number of aliphatic imine (C=N–C) groups is 1. The smallest absolute Gasteiger partial charge is 0.193 e. The minimum absolute atomic E-state index is 0.238. The van der Waals surface area contributed by atoms with Crippen LogP contribution in [0.5, 0.6) is 0 Å². The van der Waals surface area contributed by atoms with Gasteiger partial charge < -0.3 is 15.8 Å². The van der Waals surface area contributed by atoms with Crippen molar-refractivity contribution in [2.75, 3.05) is 18.5 Å². The number of anilines is 1. The summed E-state index contributed by atoms with van der Waals surface area (Å²) in [5.74, 6) is 0.961. The Morgan fingerprint density at radius 2 is 2.37 bits per heavy atom. The lowest BCUT2D eigenvalue weighted by molar-refractivity contribution is 0.118. The highest BCUT2D eigenvalue weighted by Gasteiger charge is 2.14. The molecule has 4 nitrogen and oxygen atoms in total. The van der Waals surface area contributed by atoms with Crippen LogP contribution in [0.3, 0.4) is 0 Å². The second kappa shape index (κ2) is 6.57. The lowest BCUT2D eigenvalue weighted by Crippen LogP contribution is -2.24. The third-order valence-electron chi connectivity index (χ3n) is 3.31. The van der Waals surface area contributed by atoms with Crippen LogP contribution in [0.4, 0.5) is 5.69 Å². The van der Waals surface area contributed by atoms with E-state index in [1.807, 2.05) is 12.1 Å². The summed E-state index contributed by atoms with van der Waals surface area (Å²) in [6, 6.07) is 8.26. The highest BCUT2D eigenvalue weighted by atomic mass is 16.5. The van der Waals surface area contributed by atoms with Crippen molar-refractivity contribution in [3.8, 4) is 0 Å². The quantitative estimate of drug-likeness (QED) is 0.647. The molecule has 0 aliphatic carbocycles. The van der Waals surface area contributed by atoms with Gasteiger partial charge in [0.05, 0.1) is 12.6 Å². The van der Waals surface area contributed by atoms with Crippen molar-refractivity contribution in [3.63, 3.8) is 0 Å². The average Bonchev–Trinajstić information content (AvgIpc) is 2.90. The molecule has 1 atom stereocenters. The van der Waals surface area contributed by atoms with Crippen molar-refractivity contribution < 1.29 is 4.74 Å². The van der Waals surface area contributed by atoms with Crippen molar-refractivity contribution in [1.82, 2.24) is 0 Å². The highest BCUT2D eigenvalue weighted by Crippen LogP contribution is 2.18. The average molecular weight is 261 g/mol. The molecular formula is C15H23N3O. The first-order chi connectivity index (χ1) is 9.15. The first-order valence-electron chi connectivity index (χ1n) is 6.93. The Bertz CT molecular complexity index is 437. The number of nitrogens with one attached hydrogen (secondary N) is 1. The van der Waals surface area contributed by atoms with Crippen molar-refractivity contribution in [2.45, 2.75) is 38.7 Å². The molecule has 1 unspecified atom stereocenters. The first-order valence-corrected chi connectivity index (χ1v) is 6.93. The van der Waals surface area contributed by atoms with Gasteiger partial charge in [-0.3, -0.25) is 4.99 Å². The fraction of sp³-hybridized carbons (Fsp3) is 0.533. The van der Waals surface area contributed by atoms with Gasteiger partial charge in [-0.2, -0.15) is 0 Å². The van der Waals surface area contributed by atoms with Crippen LogP contribution in [0.2, 0.25) is 0 Å². The third-order valence-corrected chi connectivity index (χ3v) is 3.31. The van der Waals surface area contributed by atoms with Gasteiger partial charge in [-0.05, 0) is 36.5 Å². The number of guanidine groups is 1. The summed E-state index contributed by atoms with van der Waals surface area (Å²) < 4.78 is 5.51. The van der Waals surface area contributed by atoms with Crippen LogP contribution >= 0.6 is 0 Å². The maximum Gasteiger partial charge on any atom is 0.193 e. The van der Waals surface area contributed by atoms with Crippen LogP contribution in [0.15, 0.2) is 29.3 Å². The number of ether oxygens (including phenoxy) is 1. The lowest BCUT2D eigenvalue weighted by Gasteiger charge is -2.11. The van der Waals surface area contributed by atoms with Crippen molar-refractivity contribution >= 4 is 11.6 Å². The van der Waals surface area contributed by atoms with Gasteiger partial charge in [0.2, 0.25) is 0 Å². The van der Waals surface area contributed by atoms with Gasteiger partial charge in [-0.15, -0.1) is 0 Å². The van der Waals surface area contributed by atoms with Crippen molar-refractivity contribution in [3.05, 3.63) is 29.8 Å². The summed E-state index contributed by atoms with van der Waals surface area (Å²) in [6.07, 6.45) is 2.45. The van der Waals surface area contributed by atoms with E-state index in [1.165, 1.54) is 5.56 Å². The van der Waals surface area contributed by atoms with Gasteiger partial charge in [0, 0.05) is 12.3 Å². The summed E-state index contributed by atoms with van der Waals surface area (Å²) in [7, 11) is 0. The van der Waals surface area contributed by atoms with E-state index in [9.17, 15) is 0 Å². The van der Waals surface area contributed by atoms with Gasteiger partial charge in [-0.25, -0.2) is 0 Å². The maximum absolute atomic E-state index is 5.89. The third kappa shape index (κ3) is 4.24. The molecule has 1 saturated heterocycles. The molecule has 4 heteroatoms. The number of rotatable bonds is 4. The molecule has 0 aromatic heterocycles. The summed E-state index contributed by atoms with van der Waals surface area (Å²) in [5.41, 5.74) is 8.17. The molecular weight excluding hydrogens is 238 g/mol. The van der Waals surface area contributed by atoms with Gasteiger partial charge in [0.1, 0.15) is 0 Å². The number of nitrogens with zero attached hydrogens (tertiary/aromatic N) is 1. The lowest BCUT2D eigenvalue weighted by atomic mass is 10.0. The zero-order chi connectivity index (χ0) is 13.7. The van der Waals surface area contributed by atoms with Gasteiger partial charge in [-0.1, -0.05) is 26.0 Å². The van der Waals surface area contributed by atoms with Gasteiger partial charge in [0.25, 0.3) is 0 Å². The Labute approximate surface area is 115 Å². The van der Waals surface area contributed by atoms with Crippen LogP contribution < -0.4 is 11.1 Å². The summed E-state index contributed by atoms with van der Waals surface area (Å²) in [6.45, 7) is 5.84. The molecule has 1 aliphatic rings. The van der Waals surface area contributed by atoms with E-state index in [0.29, 0.717) is 18.4 Å². The molecule has 0 spiro atoms. The van der Waals surface area contributed by atoms with Crippen molar-refractivity contribution in [2.24, 2.45) is 10.7 Å². The van der Waals surface area contributed by atoms with Gasteiger partial charge in [0.15, 0.2) is 5.96 Å². The van der Waals surface area contributed by atoms with Crippen LogP contribution in [0.1, 0.15) is 38.2 Å². The van der Waals surface area contributed by atoms with E-state index in [1.54, 1.807) is 0 Å². The Morgan fingerprint density at radius 1 is 1.53 bits per heavy atom. The Hall–Kier alpha value is -1.55. The Morgan fingerprint density at radius 3 is 3.05 bits per heavy atom. The molecule has 0 bridgehead atoms. The predicted molar refractivity (Wildman–Crippen MR) is 79.6 cm³/mol. The van der Waals surface area contributed by atoms with Crippen LogP contribution in [0.25, 0.3) is 0 Å². The standard InChI is InChI=1S/C15H23N3O/c1-11(2)12-5-3-6-13(9-12)18-15(16)17-10-14-7-4-8-19-14/h3,5-6,9,11,14H,4,7-8,10H2,1-2H3,(H3,16,17,18). The fourth-order valence-corrected chi connectivity index (χ4v) is 2.15. The van der Waals surface area contributed by atoms with E-state index < -0.39 is 0 Å². The number of nitrogens with two attached hydrogens (primary N) is 1. The first kappa shape index (κ1) is 13.9. The van der Waals surface area contributed by atoms with Gasteiger partial charge >= 0.3 is 0 Å². The fourth-order valence-electron chi connectivity index (χ4n) is 2.15. The summed E-state index contributed by atoms with van der Waals surface area (Å²) >= 11 is 0. The van der Waals surface area contributed by atoms with E-state index in [2.05, 4.69) is 36.3 Å². The second-order valence-corrected chi connectivity index (χ2v) is 5.27. The number of hydrogen-bond donors (Lipinski definition) is 2. The van der Waals surface area contributed by atoms with Crippen LogP contribution in [0, 0.1) is 0 Å². The van der Waals surface area contributed by atoms with E-state index in [-0.39, 0.29) is 6.10 Å². The van der Waals surface area contributed by atoms with E-state index >= 15 is 0 Å². The number of hydrogen-bond acceptors (Lipinski definition) is 2. The molecule has 1 heterocycles. The summed E-state index contributed by atoms with van der Waals surface area (Å²) in [5, 5.41) is 3.13. The molecule has 1 aromatic rings. The summed E-state index contributed by atoms with van der Waals surface area (Å²) in [4.78, 5) is 4.33. The predicted octanol–water partition coefficient (Wildman–Crippen LogP) is 2.72. The molecule has 1 aliphatic heterocycles. The SMILES string of the molecule is CC(C)c1cccc(NC(N)=NCC2CCCO2)c1. The molecule has 19 heavy (non-hydrogen) atoms.